The fraction of sp³-hybridized carbons (Fsp3) is 0.387. The number of aryl methyl sites for hydroxylation is 1. The average Bonchev–Trinajstić information content (AvgIpc) is 2.90. The highest BCUT2D eigenvalue weighted by atomic mass is 79.9. The standard InChI is InChI=1S/C31H38BrNO4/c1-6-23(5)33(28-15-14-27(32)17-22(28)4)19-26-11-9-10-12-29(26)36-20-24-13-16-30(25(7-2)18-24)37-21-31(34)35-8-3/h9-16,18,27H,5-8,17,19-21H2,1-4H3. The van der Waals surface area contributed by atoms with Crippen molar-refractivity contribution in [2.45, 2.75) is 64.9 Å². The fourth-order valence-electron chi connectivity index (χ4n) is 4.27. The molecule has 0 fully saturated rings. The molecule has 0 amide bonds. The first kappa shape index (κ1) is 28.6. The number of carbonyl (C=O) groups excluding carboxylic acids is 1. The van der Waals surface area contributed by atoms with Crippen LogP contribution in [0.4, 0.5) is 0 Å². The van der Waals surface area contributed by atoms with Crippen LogP contribution in [0.1, 0.15) is 57.2 Å². The van der Waals surface area contributed by atoms with E-state index in [1.165, 1.54) is 11.3 Å². The van der Waals surface area contributed by atoms with Crippen LogP contribution >= 0.6 is 15.9 Å². The second-order valence-corrected chi connectivity index (χ2v) is 10.2. The quantitative estimate of drug-likeness (QED) is 0.185. The van der Waals surface area contributed by atoms with Crippen molar-refractivity contribution in [2.75, 3.05) is 13.2 Å². The predicted molar refractivity (Wildman–Crippen MR) is 153 cm³/mol. The van der Waals surface area contributed by atoms with Gasteiger partial charge >= 0.3 is 5.97 Å². The Balaban J connectivity index is 1.74. The maximum atomic E-state index is 11.7. The number of para-hydroxylation sites is 1. The molecule has 198 valence electrons. The topological polar surface area (TPSA) is 48.0 Å². The van der Waals surface area contributed by atoms with Crippen LogP contribution in [0.5, 0.6) is 11.5 Å². The van der Waals surface area contributed by atoms with Crippen molar-refractivity contribution in [3.8, 4) is 11.5 Å². The second-order valence-electron chi connectivity index (χ2n) is 9.04. The highest BCUT2D eigenvalue weighted by Crippen LogP contribution is 2.32. The molecule has 0 aliphatic heterocycles. The molecule has 0 saturated heterocycles. The summed E-state index contributed by atoms with van der Waals surface area (Å²) in [6.45, 7) is 13.9. The third kappa shape index (κ3) is 8.00. The number of esters is 1. The van der Waals surface area contributed by atoms with Gasteiger partial charge in [0.1, 0.15) is 18.1 Å². The monoisotopic (exact) mass is 567 g/mol. The van der Waals surface area contributed by atoms with Gasteiger partial charge in [-0.05, 0) is 74.1 Å². The molecule has 0 aromatic heterocycles. The normalized spacial score (nSPS) is 14.9. The minimum absolute atomic E-state index is 0.0923. The molecule has 2 aromatic carbocycles. The van der Waals surface area contributed by atoms with E-state index >= 15 is 0 Å². The molecule has 0 saturated carbocycles. The largest absolute Gasteiger partial charge is 0.489 e. The molecular weight excluding hydrogens is 530 g/mol. The van der Waals surface area contributed by atoms with Crippen molar-refractivity contribution in [2.24, 2.45) is 0 Å². The number of allylic oxidation sites excluding steroid dienone is 4. The summed E-state index contributed by atoms with van der Waals surface area (Å²) in [5.74, 6) is 1.19. The SMILES string of the molecule is C=C(CC)N(Cc1ccccc1OCc1ccc(OCC(=O)OCC)c(CC)c1)C1=C(C)CC(Br)C=C1. The van der Waals surface area contributed by atoms with E-state index in [1.807, 2.05) is 30.3 Å². The van der Waals surface area contributed by atoms with Crippen LogP contribution in [0.2, 0.25) is 0 Å². The summed E-state index contributed by atoms with van der Waals surface area (Å²) in [4.78, 5) is 14.3. The Morgan fingerprint density at radius 3 is 2.54 bits per heavy atom. The van der Waals surface area contributed by atoms with Crippen molar-refractivity contribution >= 4 is 21.9 Å². The summed E-state index contributed by atoms with van der Waals surface area (Å²) in [6, 6.07) is 14.1. The Hall–Kier alpha value is -2.99. The zero-order valence-corrected chi connectivity index (χ0v) is 24.0. The van der Waals surface area contributed by atoms with Crippen LogP contribution in [0.3, 0.4) is 0 Å². The Morgan fingerprint density at radius 1 is 1.08 bits per heavy atom. The number of benzene rings is 2. The van der Waals surface area contributed by atoms with E-state index in [0.29, 0.717) is 30.3 Å². The van der Waals surface area contributed by atoms with Crippen LogP contribution in [-0.4, -0.2) is 28.9 Å². The Morgan fingerprint density at radius 2 is 1.84 bits per heavy atom. The van der Waals surface area contributed by atoms with Gasteiger partial charge in [0.05, 0.1) is 13.2 Å². The number of hydrogen-bond donors (Lipinski definition) is 0. The van der Waals surface area contributed by atoms with Crippen molar-refractivity contribution in [1.82, 2.24) is 4.90 Å². The third-order valence-corrected chi connectivity index (χ3v) is 6.96. The van der Waals surface area contributed by atoms with Crippen LogP contribution < -0.4 is 9.47 Å². The van der Waals surface area contributed by atoms with Crippen LogP contribution in [0, 0.1) is 0 Å². The minimum atomic E-state index is -0.366. The van der Waals surface area contributed by atoms with Gasteiger partial charge < -0.3 is 19.1 Å². The van der Waals surface area contributed by atoms with Gasteiger partial charge in [-0.25, -0.2) is 4.79 Å². The van der Waals surface area contributed by atoms with E-state index in [-0.39, 0.29) is 12.6 Å². The zero-order valence-electron chi connectivity index (χ0n) is 22.4. The first-order valence-corrected chi connectivity index (χ1v) is 13.9. The summed E-state index contributed by atoms with van der Waals surface area (Å²) < 4.78 is 17.0. The summed E-state index contributed by atoms with van der Waals surface area (Å²) in [6.07, 6.45) is 7.03. The summed E-state index contributed by atoms with van der Waals surface area (Å²) in [5, 5.41) is 0. The van der Waals surface area contributed by atoms with E-state index in [0.717, 1.165) is 47.4 Å². The van der Waals surface area contributed by atoms with Gasteiger partial charge in [-0.2, -0.15) is 0 Å². The molecule has 5 nitrogen and oxygen atoms in total. The van der Waals surface area contributed by atoms with Crippen molar-refractivity contribution < 1.29 is 19.0 Å². The smallest absolute Gasteiger partial charge is 0.344 e. The second kappa shape index (κ2) is 14.1. The lowest BCUT2D eigenvalue weighted by atomic mass is 10.0. The molecule has 0 N–H and O–H groups in total. The van der Waals surface area contributed by atoms with Gasteiger partial charge in [-0.15, -0.1) is 0 Å². The number of alkyl halides is 1. The van der Waals surface area contributed by atoms with E-state index in [2.05, 4.69) is 72.5 Å². The lowest BCUT2D eigenvalue weighted by Crippen LogP contribution is -2.24. The molecule has 3 rings (SSSR count). The molecule has 0 bridgehead atoms. The maximum absolute atomic E-state index is 11.7. The molecular formula is C31H38BrNO4. The van der Waals surface area contributed by atoms with Crippen molar-refractivity contribution in [3.05, 3.63) is 94.9 Å². The molecule has 1 atom stereocenters. The number of rotatable bonds is 13. The first-order chi connectivity index (χ1) is 17.9. The van der Waals surface area contributed by atoms with Gasteiger partial charge in [-0.3, -0.25) is 0 Å². The van der Waals surface area contributed by atoms with Crippen LogP contribution in [0.15, 0.2) is 78.2 Å². The lowest BCUT2D eigenvalue weighted by molar-refractivity contribution is -0.145. The summed E-state index contributed by atoms with van der Waals surface area (Å²) in [7, 11) is 0. The zero-order chi connectivity index (χ0) is 26.8. The number of ether oxygens (including phenoxy) is 3. The third-order valence-electron chi connectivity index (χ3n) is 6.33. The van der Waals surface area contributed by atoms with Gasteiger partial charge in [0.2, 0.25) is 0 Å². The summed E-state index contributed by atoms with van der Waals surface area (Å²) >= 11 is 3.71. The van der Waals surface area contributed by atoms with E-state index in [9.17, 15) is 4.79 Å². The minimum Gasteiger partial charge on any atom is -0.489 e. The molecule has 2 aromatic rings. The van der Waals surface area contributed by atoms with Crippen LogP contribution in [-0.2, 0) is 29.1 Å². The molecule has 1 unspecified atom stereocenters. The molecule has 0 radical (unpaired) electrons. The van der Waals surface area contributed by atoms with E-state index in [4.69, 9.17) is 14.2 Å². The molecule has 1 aliphatic rings. The maximum Gasteiger partial charge on any atom is 0.344 e. The first-order valence-electron chi connectivity index (χ1n) is 12.9. The Bertz CT molecular complexity index is 1150. The molecule has 1 aliphatic carbocycles. The highest BCUT2D eigenvalue weighted by Gasteiger charge is 2.20. The Kier molecular flexibility index (Phi) is 10.9. The van der Waals surface area contributed by atoms with Gasteiger partial charge in [0, 0.05) is 21.8 Å². The highest BCUT2D eigenvalue weighted by molar-refractivity contribution is 9.09. The Labute approximate surface area is 229 Å². The predicted octanol–water partition coefficient (Wildman–Crippen LogP) is 7.49. The van der Waals surface area contributed by atoms with Gasteiger partial charge in [-0.1, -0.05) is 66.7 Å². The molecule has 0 heterocycles. The average molecular weight is 569 g/mol. The van der Waals surface area contributed by atoms with Crippen molar-refractivity contribution in [3.63, 3.8) is 0 Å². The van der Waals surface area contributed by atoms with Gasteiger partial charge in [0.25, 0.3) is 0 Å². The van der Waals surface area contributed by atoms with Crippen LogP contribution in [0.25, 0.3) is 0 Å². The molecule has 6 heteroatoms. The van der Waals surface area contributed by atoms with E-state index < -0.39 is 0 Å². The lowest BCUT2D eigenvalue weighted by Gasteiger charge is -2.32. The fourth-order valence-corrected chi connectivity index (χ4v) is 4.91. The van der Waals surface area contributed by atoms with E-state index in [1.54, 1.807) is 6.92 Å². The number of carbonyl (C=O) groups is 1. The number of hydrogen-bond acceptors (Lipinski definition) is 5. The number of halogens is 1. The van der Waals surface area contributed by atoms with Crippen molar-refractivity contribution in [1.29, 1.82) is 0 Å². The summed E-state index contributed by atoms with van der Waals surface area (Å²) in [5.41, 5.74) is 6.81. The van der Waals surface area contributed by atoms with Gasteiger partial charge in [0.15, 0.2) is 6.61 Å². The molecule has 37 heavy (non-hydrogen) atoms. The number of nitrogens with zero attached hydrogens (tertiary/aromatic N) is 1. The molecule has 0 spiro atoms.